The van der Waals surface area contributed by atoms with E-state index in [1.165, 1.54) is 4.90 Å². The molecule has 2 aliphatic rings. The molecule has 0 spiro atoms. The van der Waals surface area contributed by atoms with Gasteiger partial charge >= 0.3 is 11.8 Å². The quantitative estimate of drug-likeness (QED) is 0.620. The van der Waals surface area contributed by atoms with Crippen LogP contribution in [0.15, 0.2) is 42.5 Å². The molecule has 0 aromatic heterocycles. The number of hydrogen-bond acceptors (Lipinski definition) is 5. The fourth-order valence-electron chi connectivity index (χ4n) is 3.78. The van der Waals surface area contributed by atoms with Crippen LogP contribution in [-0.2, 0) is 14.3 Å². The molecule has 1 fully saturated rings. The van der Waals surface area contributed by atoms with E-state index in [0.29, 0.717) is 31.2 Å². The molecule has 2 aromatic rings. The Labute approximate surface area is 175 Å². The highest BCUT2D eigenvalue weighted by Gasteiger charge is 2.29. The number of amides is 2. The van der Waals surface area contributed by atoms with E-state index in [2.05, 4.69) is 10.6 Å². The third-order valence-electron chi connectivity index (χ3n) is 5.49. The lowest BCUT2D eigenvalue weighted by Gasteiger charge is -2.32. The van der Waals surface area contributed by atoms with Crippen molar-refractivity contribution in [3.8, 4) is 11.5 Å². The highest BCUT2D eigenvalue weighted by molar-refractivity contribution is 6.39. The average Bonchev–Trinajstić information content (AvgIpc) is 3.24. The van der Waals surface area contributed by atoms with Gasteiger partial charge in [-0.15, -0.1) is 0 Å². The predicted octanol–water partition coefficient (Wildman–Crippen LogP) is 0.435. The fraction of sp³-hybridized carbons (Fsp3) is 0.364. The van der Waals surface area contributed by atoms with E-state index < -0.39 is 11.8 Å². The summed E-state index contributed by atoms with van der Waals surface area (Å²) >= 11 is 0. The molecule has 2 aliphatic heterocycles. The second-order valence-corrected chi connectivity index (χ2v) is 7.41. The molecule has 0 saturated carbocycles. The molecule has 0 radical (unpaired) electrons. The lowest BCUT2D eigenvalue weighted by molar-refractivity contribution is -0.937. The summed E-state index contributed by atoms with van der Waals surface area (Å²) in [4.78, 5) is 26.1. The number of benzene rings is 2. The number of morpholine rings is 1. The Morgan fingerprint density at radius 3 is 2.60 bits per heavy atom. The number of hydrogen-bond donors (Lipinski definition) is 3. The van der Waals surface area contributed by atoms with Crippen molar-refractivity contribution < 1.29 is 28.7 Å². The SMILES string of the molecule is Cc1ccccc1NC(=O)C(=O)NC[C@@H](c1ccc2c(c1)OCO2)[NH+]1CCOCC1. The molecule has 2 heterocycles. The van der Waals surface area contributed by atoms with E-state index in [4.69, 9.17) is 14.2 Å². The topological polar surface area (TPSA) is 90.3 Å². The minimum absolute atomic E-state index is 0.0291. The first kappa shape index (κ1) is 20.2. The average molecular weight is 412 g/mol. The second-order valence-electron chi connectivity index (χ2n) is 7.41. The van der Waals surface area contributed by atoms with Gasteiger partial charge in [0, 0.05) is 11.3 Å². The van der Waals surface area contributed by atoms with E-state index in [9.17, 15) is 9.59 Å². The highest BCUT2D eigenvalue weighted by Crippen LogP contribution is 2.33. The van der Waals surface area contributed by atoms with Crippen LogP contribution in [0.2, 0.25) is 0 Å². The van der Waals surface area contributed by atoms with Crippen LogP contribution in [0.1, 0.15) is 17.2 Å². The summed E-state index contributed by atoms with van der Waals surface area (Å²) < 4.78 is 16.4. The third kappa shape index (κ3) is 4.55. The van der Waals surface area contributed by atoms with Gasteiger partial charge in [-0.25, -0.2) is 0 Å². The summed E-state index contributed by atoms with van der Waals surface area (Å²) in [6.45, 7) is 5.40. The Morgan fingerprint density at radius 1 is 1.03 bits per heavy atom. The molecule has 8 heteroatoms. The molecule has 1 saturated heterocycles. The van der Waals surface area contributed by atoms with E-state index in [0.717, 1.165) is 30.0 Å². The first-order valence-corrected chi connectivity index (χ1v) is 10.1. The number of carbonyl (C=O) groups excluding carboxylic acids is 2. The van der Waals surface area contributed by atoms with Crippen molar-refractivity contribution in [2.45, 2.75) is 13.0 Å². The maximum Gasteiger partial charge on any atom is 0.313 e. The van der Waals surface area contributed by atoms with Crippen molar-refractivity contribution in [3.63, 3.8) is 0 Å². The van der Waals surface area contributed by atoms with Gasteiger partial charge in [-0.3, -0.25) is 9.59 Å². The molecule has 8 nitrogen and oxygen atoms in total. The smallest absolute Gasteiger partial charge is 0.313 e. The highest BCUT2D eigenvalue weighted by atomic mass is 16.7. The lowest BCUT2D eigenvalue weighted by Crippen LogP contribution is -3.15. The molecule has 2 aromatic carbocycles. The number of rotatable bonds is 5. The Hall–Kier alpha value is -3.10. The molecule has 30 heavy (non-hydrogen) atoms. The molecule has 3 N–H and O–H groups in total. The van der Waals surface area contributed by atoms with Crippen LogP contribution in [-0.4, -0.2) is 51.5 Å². The van der Waals surface area contributed by atoms with E-state index in [1.54, 1.807) is 6.07 Å². The van der Waals surface area contributed by atoms with Gasteiger partial charge in [0.25, 0.3) is 0 Å². The Morgan fingerprint density at radius 2 is 1.80 bits per heavy atom. The lowest BCUT2D eigenvalue weighted by atomic mass is 10.0. The summed E-state index contributed by atoms with van der Waals surface area (Å²) in [7, 11) is 0. The predicted molar refractivity (Wildman–Crippen MR) is 110 cm³/mol. The summed E-state index contributed by atoms with van der Waals surface area (Å²) in [6, 6.07) is 13.1. The fourth-order valence-corrected chi connectivity index (χ4v) is 3.78. The van der Waals surface area contributed by atoms with Crippen molar-refractivity contribution in [1.29, 1.82) is 0 Å². The summed E-state index contributed by atoms with van der Waals surface area (Å²) in [5.41, 5.74) is 2.55. The number of anilines is 1. The van der Waals surface area contributed by atoms with Crippen LogP contribution in [0.4, 0.5) is 5.69 Å². The van der Waals surface area contributed by atoms with Gasteiger partial charge in [0.1, 0.15) is 19.1 Å². The minimum Gasteiger partial charge on any atom is -0.454 e. The van der Waals surface area contributed by atoms with Gasteiger partial charge < -0.3 is 29.7 Å². The van der Waals surface area contributed by atoms with Gasteiger partial charge in [-0.05, 0) is 36.8 Å². The molecule has 2 amide bonds. The molecule has 0 aliphatic carbocycles. The second kappa shape index (κ2) is 9.15. The number of ether oxygens (including phenoxy) is 3. The third-order valence-corrected chi connectivity index (χ3v) is 5.49. The zero-order valence-corrected chi connectivity index (χ0v) is 16.9. The molecule has 158 valence electrons. The van der Waals surface area contributed by atoms with Crippen LogP contribution >= 0.6 is 0 Å². The zero-order chi connectivity index (χ0) is 20.9. The number of nitrogens with one attached hydrogen (secondary N) is 3. The monoisotopic (exact) mass is 412 g/mol. The van der Waals surface area contributed by atoms with Crippen molar-refractivity contribution in [1.82, 2.24) is 5.32 Å². The van der Waals surface area contributed by atoms with Gasteiger partial charge in [0.05, 0.1) is 19.8 Å². The number of carbonyl (C=O) groups is 2. The van der Waals surface area contributed by atoms with Crippen molar-refractivity contribution in [2.75, 3.05) is 45.0 Å². The van der Waals surface area contributed by atoms with Crippen LogP contribution in [0.3, 0.4) is 0 Å². The molecule has 0 bridgehead atoms. The molecule has 4 rings (SSSR count). The van der Waals surface area contributed by atoms with Gasteiger partial charge in [-0.2, -0.15) is 0 Å². The van der Waals surface area contributed by atoms with E-state index >= 15 is 0 Å². The number of quaternary nitrogens is 1. The zero-order valence-electron chi connectivity index (χ0n) is 16.9. The summed E-state index contributed by atoms with van der Waals surface area (Å²) in [6.07, 6.45) is 0. The van der Waals surface area contributed by atoms with Crippen LogP contribution in [0.5, 0.6) is 11.5 Å². The van der Waals surface area contributed by atoms with Crippen molar-refractivity contribution in [2.24, 2.45) is 0 Å². The Kier molecular flexibility index (Phi) is 6.15. The van der Waals surface area contributed by atoms with Gasteiger partial charge in [0.2, 0.25) is 6.79 Å². The van der Waals surface area contributed by atoms with Gasteiger partial charge in [0.15, 0.2) is 11.5 Å². The van der Waals surface area contributed by atoms with Crippen molar-refractivity contribution in [3.05, 3.63) is 53.6 Å². The molecule has 1 atom stereocenters. The number of fused-ring (bicyclic) bond motifs is 1. The number of para-hydroxylation sites is 1. The maximum absolute atomic E-state index is 12.5. The Bertz CT molecular complexity index is 927. The van der Waals surface area contributed by atoms with Crippen LogP contribution in [0, 0.1) is 6.92 Å². The Balaban J connectivity index is 1.44. The van der Waals surface area contributed by atoms with Crippen LogP contribution in [0.25, 0.3) is 0 Å². The first-order chi connectivity index (χ1) is 14.6. The van der Waals surface area contributed by atoms with E-state index in [1.807, 2.05) is 43.3 Å². The molecular weight excluding hydrogens is 386 g/mol. The van der Waals surface area contributed by atoms with Gasteiger partial charge in [-0.1, -0.05) is 18.2 Å². The maximum atomic E-state index is 12.5. The van der Waals surface area contributed by atoms with Crippen LogP contribution < -0.4 is 25.0 Å². The standard InChI is InChI=1S/C22H25N3O5/c1-15-4-2-3-5-17(15)24-22(27)21(26)23-13-18(25-8-10-28-11-9-25)16-6-7-19-20(12-16)30-14-29-19/h2-7,12,18H,8-11,13-14H2,1H3,(H,23,26)(H,24,27)/p+1/t18-/m0/s1. The normalized spacial score (nSPS) is 16.7. The largest absolute Gasteiger partial charge is 0.454 e. The first-order valence-electron chi connectivity index (χ1n) is 10.1. The summed E-state index contributed by atoms with van der Waals surface area (Å²) in [5, 5.41) is 5.47. The number of aryl methyl sites for hydroxylation is 1. The minimum atomic E-state index is -0.675. The summed E-state index contributed by atoms with van der Waals surface area (Å²) in [5.74, 6) is 0.0901. The molecular formula is C22H26N3O5+. The molecule has 0 unspecified atom stereocenters. The van der Waals surface area contributed by atoms with E-state index in [-0.39, 0.29) is 12.8 Å². The van der Waals surface area contributed by atoms with Crippen molar-refractivity contribution >= 4 is 17.5 Å².